The summed E-state index contributed by atoms with van der Waals surface area (Å²) >= 11 is 8.76. The standard InChI is InChI=1S/C32H38ClN7OS/c1-5-19-12-34-30-24(29(19)35-18-32(2,3)4)10-20(11-26(30)33)36-31(27-13-40(38-37-27)21-6-7-21)25-17-42-28-14-39(9-8-23(25)28)22-15-41-16-22/h1,10-13,17,21-22,31,36-38H,6-9,14-16,18H2,2-4H3,(H,34,35)/t31-/m0/s1. The maximum absolute atomic E-state index is 6.89. The number of pyridine rings is 1. The van der Waals surface area contributed by atoms with Gasteiger partial charge in [-0.25, -0.2) is 0 Å². The Balaban J connectivity index is 1.26. The molecule has 1 aliphatic carbocycles. The van der Waals surface area contributed by atoms with Crippen molar-refractivity contribution in [1.82, 2.24) is 25.9 Å². The van der Waals surface area contributed by atoms with Crippen LogP contribution in [0.25, 0.3) is 10.9 Å². The van der Waals surface area contributed by atoms with E-state index in [-0.39, 0.29) is 11.5 Å². The van der Waals surface area contributed by atoms with Crippen molar-refractivity contribution in [2.24, 2.45) is 5.41 Å². The maximum atomic E-state index is 6.89. The molecule has 1 aromatic carbocycles. The number of anilines is 2. The highest BCUT2D eigenvalue weighted by atomic mass is 35.5. The van der Waals surface area contributed by atoms with Crippen molar-refractivity contribution in [2.45, 2.75) is 64.7 Å². The summed E-state index contributed by atoms with van der Waals surface area (Å²) in [6, 6.07) is 5.13. The van der Waals surface area contributed by atoms with E-state index in [1.807, 2.05) is 17.4 Å². The summed E-state index contributed by atoms with van der Waals surface area (Å²) in [6.07, 6.45) is 13.3. The third-order valence-corrected chi connectivity index (χ3v) is 9.82. The molecule has 4 N–H and O–H groups in total. The lowest BCUT2D eigenvalue weighted by Gasteiger charge is -2.39. The predicted molar refractivity (Wildman–Crippen MR) is 171 cm³/mol. The third kappa shape index (κ3) is 5.43. The molecule has 2 aromatic heterocycles. The van der Waals surface area contributed by atoms with Gasteiger partial charge in [-0.1, -0.05) is 38.3 Å². The molecule has 4 aliphatic rings. The van der Waals surface area contributed by atoms with Crippen LogP contribution in [-0.2, 0) is 17.7 Å². The van der Waals surface area contributed by atoms with Crippen molar-refractivity contribution in [2.75, 3.05) is 36.9 Å². The highest BCUT2D eigenvalue weighted by Crippen LogP contribution is 2.40. The van der Waals surface area contributed by atoms with Gasteiger partial charge in [-0.15, -0.1) is 23.3 Å². The molecule has 3 aromatic rings. The molecule has 1 saturated carbocycles. The normalized spacial score (nSPS) is 20.0. The number of nitrogens with one attached hydrogen (secondary N) is 4. The van der Waals surface area contributed by atoms with Gasteiger partial charge in [0.25, 0.3) is 0 Å². The first-order valence-electron chi connectivity index (χ1n) is 14.8. The van der Waals surface area contributed by atoms with Gasteiger partial charge in [0, 0.05) is 54.0 Å². The van der Waals surface area contributed by atoms with Gasteiger partial charge in [0.05, 0.1) is 52.8 Å². The van der Waals surface area contributed by atoms with Crippen molar-refractivity contribution >= 4 is 45.2 Å². The molecule has 0 bridgehead atoms. The lowest BCUT2D eigenvalue weighted by molar-refractivity contribution is -0.0691. The van der Waals surface area contributed by atoms with Gasteiger partial charge in [0.15, 0.2) is 0 Å². The zero-order valence-corrected chi connectivity index (χ0v) is 26.0. The summed E-state index contributed by atoms with van der Waals surface area (Å²) in [7, 11) is 0. The number of hydrogen-bond donors (Lipinski definition) is 4. The molecule has 2 fully saturated rings. The van der Waals surface area contributed by atoms with Crippen molar-refractivity contribution in [3.05, 3.63) is 62.2 Å². The van der Waals surface area contributed by atoms with E-state index in [0.717, 1.165) is 72.8 Å². The number of ether oxygens (including phenoxy) is 1. The van der Waals surface area contributed by atoms with Crippen molar-refractivity contribution in [3.8, 4) is 12.3 Å². The number of nitrogens with zero attached hydrogens (tertiary/aromatic N) is 3. The van der Waals surface area contributed by atoms with Crippen LogP contribution in [0, 0.1) is 17.8 Å². The van der Waals surface area contributed by atoms with E-state index in [1.165, 1.54) is 28.8 Å². The van der Waals surface area contributed by atoms with Crippen LogP contribution >= 0.6 is 22.9 Å². The quantitative estimate of drug-likeness (QED) is 0.247. The van der Waals surface area contributed by atoms with Crippen molar-refractivity contribution in [3.63, 3.8) is 0 Å². The summed E-state index contributed by atoms with van der Waals surface area (Å²) in [5.74, 6) is 2.81. The average Bonchev–Trinajstić information content (AvgIpc) is 3.51. The first-order valence-corrected chi connectivity index (χ1v) is 16.0. The van der Waals surface area contributed by atoms with E-state index in [1.54, 1.807) is 6.20 Å². The number of hydrazine groups is 2. The minimum absolute atomic E-state index is 0.0759. The Morgan fingerprint density at radius 2 is 2.10 bits per heavy atom. The van der Waals surface area contributed by atoms with E-state index < -0.39 is 0 Å². The number of aromatic nitrogens is 1. The van der Waals surface area contributed by atoms with Crippen molar-refractivity contribution in [1.29, 1.82) is 0 Å². The summed E-state index contributed by atoms with van der Waals surface area (Å²) in [4.78, 5) is 8.66. The Labute approximate surface area is 256 Å². The number of halogens is 1. The monoisotopic (exact) mass is 603 g/mol. The first-order chi connectivity index (χ1) is 20.3. The van der Waals surface area contributed by atoms with Crippen LogP contribution in [0.2, 0.25) is 5.02 Å². The zero-order chi connectivity index (χ0) is 29.0. The van der Waals surface area contributed by atoms with Gasteiger partial charge >= 0.3 is 0 Å². The molecule has 1 atom stereocenters. The maximum Gasteiger partial charge on any atom is 0.0955 e. The van der Waals surface area contributed by atoms with Gasteiger partial charge in [-0.05, 0) is 53.3 Å². The molecule has 3 aliphatic heterocycles. The zero-order valence-electron chi connectivity index (χ0n) is 24.4. The highest BCUT2D eigenvalue weighted by molar-refractivity contribution is 7.10. The second-order valence-electron chi connectivity index (χ2n) is 13.0. The van der Waals surface area contributed by atoms with Crippen LogP contribution in [0.4, 0.5) is 11.4 Å². The molecule has 42 heavy (non-hydrogen) atoms. The predicted octanol–water partition coefficient (Wildman–Crippen LogP) is 5.63. The molecule has 0 spiro atoms. The molecule has 0 amide bonds. The van der Waals surface area contributed by atoms with E-state index in [2.05, 4.69) is 80.8 Å². The molecule has 220 valence electrons. The lowest BCUT2D eigenvalue weighted by atomic mass is 9.95. The topological polar surface area (TPSA) is 76.7 Å². The molecular weight excluding hydrogens is 566 g/mol. The van der Waals surface area contributed by atoms with Crippen LogP contribution in [0.15, 0.2) is 35.6 Å². The van der Waals surface area contributed by atoms with Crippen LogP contribution in [0.1, 0.15) is 61.2 Å². The number of hydrogen-bond acceptors (Lipinski definition) is 9. The summed E-state index contributed by atoms with van der Waals surface area (Å²) in [5, 5.41) is 13.5. The molecule has 10 heteroatoms. The third-order valence-electron chi connectivity index (χ3n) is 8.50. The Kier molecular flexibility index (Phi) is 7.24. The number of thiophene rings is 1. The van der Waals surface area contributed by atoms with Crippen LogP contribution < -0.4 is 21.6 Å². The van der Waals surface area contributed by atoms with Crippen molar-refractivity contribution < 1.29 is 4.74 Å². The minimum atomic E-state index is -0.0805. The molecule has 1 saturated heterocycles. The van der Waals surface area contributed by atoms with Gasteiger partial charge in [0.1, 0.15) is 0 Å². The SMILES string of the molecule is C#Cc1cnc2c(Cl)cc(N[C@H](C3=CN(C4CC4)NN3)c3csc4c3CCN(C3COC3)C4)cc2c1NCC(C)(C)C. The number of fused-ring (bicyclic) bond motifs is 2. The molecule has 0 unspecified atom stereocenters. The Hall–Kier alpha value is -3.00. The summed E-state index contributed by atoms with van der Waals surface area (Å²) in [6.45, 7) is 11.1. The van der Waals surface area contributed by atoms with Crippen LogP contribution in [0.5, 0.6) is 0 Å². The van der Waals surface area contributed by atoms with E-state index in [0.29, 0.717) is 17.1 Å². The highest BCUT2D eigenvalue weighted by Gasteiger charge is 2.35. The number of terminal acetylenes is 1. The Morgan fingerprint density at radius 3 is 2.81 bits per heavy atom. The number of rotatable bonds is 8. The Bertz CT molecular complexity index is 1580. The fraction of sp³-hybridized carbons (Fsp3) is 0.469. The first kappa shape index (κ1) is 27.8. The van der Waals surface area contributed by atoms with Crippen LogP contribution in [-0.4, -0.2) is 53.3 Å². The van der Waals surface area contributed by atoms with E-state index >= 15 is 0 Å². The van der Waals surface area contributed by atoms with Gasteiger partial charge < -0.3 is 20.8 Å². The van der Waals surface area contributed by atoms with Gasteiger partial charge in [-0.3, -0.25) is 14.9 Å². The fourth-order valence-electron chi connectivity index (χ4n) is 5.89. The molecule has 8 nitrogen and oxygen atoms in total. The second kappa shape index (κ2) is 10.9. The average molecular weight is 604 g/mol. The fourth-order valence-corrected chi connectivity index (χ4v) is 7.31. The molecule has 5 heterocycles. The van der Waals surface area contributed by atoms with Gasteiger partial charge in [0.2, 0.25) is 0 Å². The number of benzene rings is 1. The molecular formula is C32H38ClN7OS. The summed E-state index contributed by atoms with van der Waals surface area (Å²) < 4.78 is 5.48. The minimum Gasteiger partial charge on any atom is -0.383 e. The second-order valence-corrected chi connectivity index (χ2v) is 14.4. The molecule has 0 radical (unpaired) electrons. The molecule has 7 rings (SSSR count). The largest absolute Gasteiger partial charge is 0.383 e. The lowest BCUT2D eigenvalue weighted by Crippen LogP contribution is -2.50. The Morgan fingerprint density at radius 1 is 1.26 bits per heavy atom. The van der Waals surface area contributed by atoms with Gasteiger partial charge in [-0.2, -0.15) is 0 Å². The van der Waals surface area contributed by atoms with E-state index in [9.17, 15) is 0 Å². The van der Waals surface area contributed by atoms with Crippen LogP contribution in [0.3, 0.4) is 0 Å². The van der Waals surface area contributed by atoms with E-state index in [4.69, 9.17) is 22.8 Å². The smallest absolute Gasteiger partial charge is 0.0955 e. The summed E-state index contributed by atoms with van der Waals surface area (Å²) in [5.41, 5.74) is 14.1.